The third kappa shape index (κ3) is 2.90. The molecule has 6 nitrogen and oxygen atoms in total. The molecule has 0 bridgehead atoms. The van der Waals surface area contributed by atoms with E-state index >= 15 is 0 Å². The number of piperazine rings is 1. The van der Waals surface area contributed by atoms with Crippen molar-refractivity contribution >= 4 is 22.9 Å². The molecule has 122 valence electrons. The first kappa shape index (κ1) is 14.9. The summed E-state index contributed by atoms with van der Waals surface area (Å²) in [5.41, 5.74) is 1.51. The van der Waals surface area contributed by atoms with Gasteiger partial charge in [-0.05, 0) is 23.6 Å². The molecular formula is C17H16N4O2S. The number of hydrogen-bond acceptors (Lipinski definition) is 6. The monoisotopic (exact) mass is 340 g/mol. The van der Waals surface area contributed by atoms with Gasteiger partial charge in [-0.2, -0.15) is 0 Å². The van der Waals surface area contributed by atoms with E-state index in [-0.39, 0.29) is 5.91 Å². The Morgan fingerprint density at radius 3 is 2.62 bits per heavy atom. The summed E-state index contributed by atoms with van der Waals surface area (Å²) in [5.74, 6) is 0.569. The van der Waals surface area contributed by atoms with Crippen LogP contribution in [0.25, 0.3) is 10.6 Å². The largest absolute Gasteiger partial charge is 0.368 e. The standard InChI is InChI=1S/C17H16N4O2S/c22-17(14-12-15(23-19-14)16-2-1-11-24-16)21-9-7-20(8-10-21)13-3-5-18-6-4-13/h1-6,11-12H,7-10H2. The minimum absolute atomic E-state index is 0.0732. The summed E-state index contributed by atoms with van der Waals surface area (Å²) in [4.78, 5) is 21.7. The summed E-state index contributed by atoms with van der Waals surface area (Å²) < 4.78 is 5.31. The van der Waals surface area contributed by atoms with Gasteiger partial charge in [0.25, 0.3) is 5.91 Å². The van der Waals surface area contributed by atoms with Crippen LogP contribution in [0.3, 0.4) is 0 Å². The van der Waals surface area contributed by atoms with Crippen molar-refractivity contribution in [1.29, 1.82) is 0 Å². The molecule has 1 fully saturated rings. The second-order valence-electron chi connectivity index (χ2n) is 5.54. The smallest absolute Gasteiger partial charge is 0.276 e. The first-order valence-electron chi connectivity index (χ1n) is 7.76. The van der Waals surface area contributed by atoms with Gasteiger partial charge in [-0.25, -0.2) is 0 Å². The number of carbonyl (C=O) groups excluding carboxylic acids is 1. The van der Waals surface area contributed by atoms with E-state index in [1.54, 1.807) is 29.8 Å². The van der Waals surface area contributed by atoms with Crippen LogP contribution >= 0.6 is 11.3 Å². The van der Waals surface area contributed by atoms with Crippen LogP contribution in [0.5, 0.6) is 0 Å². The van der Waals surface area contributed by atoms with Gasteiger partial charge in [0.1, 0.15) is 0 Å². The number of hydrogen-bond donors (Lipinski definition) is 0. The number of nitrogens with zero attached hydrogens (tertiary/aromatic N) is 4. The Morgan fingerprint density at radius 1 is 1.12 bits per heavy atom. The molecule has 1 amide bonds. The SMILES string of the molecule is O=C(c1cc(-c2cccs2)on1)N1CCN(c2ccncc2)CC1. The number of rotatable bonds is 3. The highest BCUT2D eigenvalue weighted by Crippen LogP contribution is 2.25. The zero-order valence-corrected chi connectivity index (χ0v) is 13.8. The van der Waals surface area contributed by atoms with Crippen LogP contribution in [-0.4, -0.2) is 47.1 Å². The van der Waals surface area contributed by atoms with Crippen molar-refractivity contribution in [3.63, 3.8) is 0 Å². The van der Waals surface area contributed by atoms with E-state index in [2.05, 4.69) is 15.0 Å². The molecule has 1 saturated heterocycles. The Kier molecular flexibility index (Phi) is 4.00. The Bertz CT molecular complexity index is 808. The molecule has 0 atom stereocenters. The molecule has 1 aliphatic rings. The maximum Gasteiger partial charge on any atom is 0.276 e. The van der Waals surface area contributed by atoms with Crippen molar-refractivity contribution in [1.82, 2.24) is 15.0 Å². The fourth-order valence-electron chi connectivity index (χ4n) is 2.80. The molecule has 7 heteroatoms. The fourth-order valence-corrected chi connectivity index (χ4v) is 3.47. The Morgan fingerprint density at radius 2 is 1.92 bits per heavy atom. The minimum Gasteiger partial charge on any atom is -0.368 e. The molecule has 24 heavy (non-hydrogen) atoms. The first-order chi connectivity index (χ1) is 11.8. The first-order valence-corrected chi connectivity index (χ1v) is 8.64. The fraction of sp³-hybridized carbons (Fsp3) is 0.235. The molecular weight excluding hydrogens is 324 g/mol. The lowest BCUT2D eigenvalue weighted by Crippen LogP contribution is -2.48. The highest BCUT2D eigenvalue weighted by atomic mass is 32.1. The molecule has 0 unspecified atom stereocenters. The molecule has 0 radical (unpaired) electrons. The van der Waals surface area contributed by atoms with Gasteiger partial charge in [-0.15, -0.1) is 11.3 Å². The van der Waals surface area contributed by atoms with E-state index in [0.29, 0.717) is 24.5 Å². The highest BCUT2D eigenvalue weighted by Gasteiger charge is 2.25. The van der Waals surface area contributed by atoms with E-state index in [1.807, 2.05) is 34.5 Å². The average Bonchev–Trinajstić information content (AvgIpc) is 3.33. The topological polar surface area (TPSA) is 62.5 Å². The van der Waals surface area contributed by atoms with Crippen LogP contribution < -0.4 is 4.90 Å². The molecule has 0 aromatic carbocycles. The second kappa shape index (κ2) is 6.45. The maximum atomic E-state index is 12.6. The maximum absolute atomic E-state index is 12.6. The molecule has 3 aromatic rings. The van der Waals surface area contributed by atoms with Gasteiger partial charge in [-0.1, -0.05) is 11.2 Å². The molecule has 0 N–H and O–H groups in total. The molecule has 0 aliphatic carbocycles. The van der Waals surface area contributed by atoms with Crippen molar-refractivity contribution in [3.05, 3.63) is 53.8 Å². The van der Waals surface area contributed by atoms with Crippen LogP contribution in [0.2, 0.25) is 0 Å². The number of amides is 1. The van der Waals surface area contributed by atoms with Crippen molar-refractivity contribution in [2.24, 2.45) is 0 Å². The summed E-state index contributed by atoms with van der Waals surface area (Å²) >= 11 is 1.56. The second-order valence-corrected chi connectivity index (χ2v) is 6.49. The van der Waals surface area contributed by atoms with E-state index in [9.17, 15) is 4.79 Å². The Balaban J connectivity index is 1.41. The van der Waals surface area contributed by atoms with Crippen LogP contribution in [0.15, 0.2) is 52.6 Å². The van der Waals surface area contributed by atoms with E-state index in [1.165, 1.54) is 0 Å². The van der Waals surface area contributed by atoms with Gasteiger partial charge in [-0.3, -0.25) is 9.78 Å². The van der Waals surface area contributed by atoms with Crippen molar-refractivity contribution in [3.8, 4) is 10.6 Å². The Hall–Kier alpha value is -2.67. The molecule has 1 aliphatic heterocycles. The third-order valence-electron chi connectivity index (χ3n) is 4.09. The van der Waals surface area contributed by atoms with Gasteiger partial charge < -0.3 is 14.3 Å². The summed E-state index contributed by atoms with van der Waals surface area (Å²) in [6.07, 6.45) is 3.57. The number of carbonyl (C=O) groups is 1. The lowest BCUT2D eigenvalue weighted by atomic mass is 10.2. The molecule has 0 spiro atoms. The van der Waals surface area contributed by atoms with Crippen molar-refractivity contribution < 1.29 is 9.32 Å². The Labute approximate surface area is 143 Å². The van der Waals surface area contributed by atoms with E-state index < -0.39 is 0 Å². The van der Waals surface area contributed by atoms with Crippen LogP contribution in [0.4, 0.5) is 5.69 Å². The summed E-state index contributed by atoms with van der Waals surface area (Å²) in [6.45, 7) is 2.93. The average molecular weight is 340 g/mol. The van der Waals surface area contributed by atoms with Gasteiger partial charge in [0.15, 0.2) is 11.5 Å². The molecule has 3 aromatic heterocycles. The highest BCUT2D eigenvalue weighted by molar-refractivity contribution is 7.13. The van der Waals surface area contributed by atoms with Crippen LogP contribution in [-0.2, 0) is 0 Å². The van der Waals surface area contributed by atoms with Gasteiger partial charge in [0.2, 0.25) is 0 Å². The predicted octanol–water partition coefficient (Wildman–Crippen LogP) is 2.76. The van der Waals surface area contributed by atoms with Gasteiger partial charge in [0, 0.05) is 50.3 Å². The summed E-state index contributed by atoms with van der Waals surface area (Å²) in [5, 5.41) is 5.91. The zero-order chi connectivity index (χ0) is 16.4. The third-order valence-corrected chi connectivity index (χ3v) is 4.97. The summed E-state index contributed by atoms with van der Waals surface area (Å²) in [7, 11) is 0. The lowest BCUT2D eigenvalue weighted by Gasteiger charge is -2.35. The number of thiophene rings is 1. The normalized spacial score (nSPS) is 14.8. The minimum atomic E-state index is -0.0732. The lowest BCUT2D eigenvalue weighted by molar-refractivity contribution is 0.0736. The molecule has 0 saturated carbocycles. The summed E-state index contributed by atoms with van der Waals surface area (Å²) in [6, 6.07) is 9.60. The van der Waals surface area contributed by atoms with Crippen LogP contribution in [0.1, 0.15) is 10.5 Å². The van der Waals surface area contributed by atoms with Crippen molar-refractivity contribution in [2.75, 3.05) is 31.1 Å². The van der Waals surface area contributed by atoms with Crippen LogP contribution in [0, 0.1) is 0 Å². The van der Waals surface area contributed by atoms with E-state index in [4.69, 9.17) is 4.52 Å². The number of anilines is 1. The number of pyridine rings is 1. The molecule has 4 rings (SSSR count). The number of aromatic nitrogens is 2. The van der Waals surface area contributed by atoms with Gasteiger partial charge in [0.05, 0.1) is 4.88 Å². The van der Waals surface area contributed by atoms with E-state index in [0.717, 1.165) is 23.7 Å². The molecule has 4 heterocycles. The predicted molar refractivity (Wildman–Crippen MR) is 92.2 cm³/mol. The zero-order valence-electron chi connectivity index (χ0n) is 13.0. The quantitative estimate of drug-likeness (QED) is 0.734. The van der Waals surface area contributed by atoms with Crippen molar-refractivity contribution in [2.45, 2.75) is 0 Å². The van der Waals surface area contributed by atoms with Gasteiger partial charge >= 0.3 is 0 Å².